The number of aliphatic hydroxyl groups excluding tert-OH is 1. The summed E-state index contributed by atoms with van der Waals surface area (Å²) in [5.74, 6) is -0.447. The number of pyridine rings is 2. The van der Waals surface area contributed by atoms with E-state index >= 15 is 0 Å². The predicted octanol–water partition coefficient (Wildman–Crippen LogP) is 3.96. The molecule has 1 amide bonds. The van der Waals surface area contributed by atoms with Gasteiger partial charge in [-0.15, -0.1) is 0 Å². The number of benzene rings is 1. The molecule has 3 aromatic rings. The molecule has 4 rings (SSSR count). The Morgan fingerprint density at radius 2 is 2.04 bits per heavy atom. The summed E-state index contributed by atoms with van der Waals surface area (Å²) in [6.07, 6.45) is 1.97. The van der Waals surface area contributed by atoms with Crippen molar-refractivity contribution in [1.82, 2.24) is 9.97 Å². The minimum absolute atomic E-state index is 0.291. The van der Waals surface area contributed by atoms with Gasteiger partial charge in [-0.05, 0) is 55.0 Å². The van der Waals surface area contributed by atoms with Gasteiger partial charge in [0.25, 0.3) is 0 Å². The molecule has 0 spiro atoms. The summed E-state index contributed by atoms with van der Waals surface area (Å²) in [7, 11) is 0. The fourth-order valence-corrected chi connectivity index (χ4v) is 3.29. The maximum absolute atomic E-state index is 13.0. The number of aliphatic hydroxyl groups is 1. The van der Waals surface area contributed by atoms with Crippen molar-refractivity contribution in [1.29, 1.82) is 0 Å². The summed E-state index contributed by atoms with van der Waals surface area (Å²) < 4.78 is 13.0. The molecule has 5 nitrogen and oxygen atoms in total. The van der Waals surface area contributed by atoms with Crippen molar-refractivity contribution in [2.45, 2.75) is 32.5 Å². The van der Waals surface area contributed by atoms with Crippen LogP contribution in [0.1, 0.15) is 30.7 Å². The fourth-order valence-electron chi connectivity index (χ4n) is 3.29. The van der Waals surface area contributed by atoms with E-state index in [-0.39, 0.29) is 5.91 Å². The van der Waals surface area contributed by atoms with Crippen LogP contribution in [0.4, 0.5) is 10.2 Å². The first-order valence-electron chi connectivity index (χ1n) is 8.92. The molecule has 2 aromatic heterocycles. The molecule has 1 aliphatic rings. The Hall–Kier alpha value is -2.86. The molecule has 0 bridgehead atoms. The molecular formula is C21H20FN3O2. The third kappa shape index (κ3) is 3.40. The van der Waals surface area contributed by atoms with Gasteiger partial charge >= 0.3 is 0 Å². The lowest BCUT2D eigenvalue weighted by Crippen LogP contribution is -2.15. The Kier molecular flexibility index (Phi) is 4.36. The van der Waals surface area contributed by atoms with Crippen LogP contribution in [-0.4, -0.2) is 27.2 Å². The van der Waals surface area contributed by atoms with E-state index in [9.17, 15) is 14.3 Å². The zero-order valence-corrected chi connectivity index (χ0v) is 15.1. The lowest BCUT2D eigenvalue weighted by molar-refractivity contribution is -0.117. The number of nitrogens with zero attached hydrogens (tertiary/aromatic N) is 2. The van der Waals surface area contributed by atoms with Gasteiger partial charge in [0, 0.05) is 23.3 Å². The summed E-state index contributed by atoms with van der Waals surface area (Å²) in [4.78, 5) is 20.5. The number of hydrogen-bond donors (Lipinski definition) is 2. The molecule has 0 aliphatic heterocycles. The molecular weight excluding hydrogens is 345 g/mol. The van der Waals surface area contributed by atoms with E-state index in [1.54, 1.807) is 25.4 Å². The number of rotatable bonds is 4. The summed E-state index contributed by atoms with van der Waals surface area (Å²) >= 11 is 0. The number of halogens is 1. The van der Waals surface area contributed by atoms with Gasteiger partial charge in [-0.3, -0.25) is 9.78 Å². The molecule has 1 aromatic carbocycles. The minimum Gasteiger partial charge on any atom is -0.387 e. The van der Waals surface area contributed by atoms with Crippen molar-refractivity contribution in [3.63, 3.8) is 0 Å². The van der Waals surface area contributed by atoms with Crippen LogP contribution < -0.4 is 5.32 Å². The smallest absolute Gasteiger partial charge is 0.231 e. The second-order valence-corrected chi connectivity index (χ2v) is 7.04. The summed E-state index contributed by atoms with van der Waals surface area (Å²) in [5.41, 5.74) is 3.52. The molecule has 0 saturated heterocycles. The molecule has 6 heteroatoms. The van der Waals surface area contributed by atoms with Crippen LogP contribution in [0.3, 0.4) is 0 Å². The average Bonchev–Trinajstić information content (AvgIpc) is 3.38. The first-order chi connectivity index (χ1) is 12.9. The van der Waals surface area contributed by atoms with Crippen LogP contribution in [0.25, 0.3) is 21.9 Å². The number of aromatic nitrogens is 2. The Labute approximate surface area is 156 Å². The monoisotopic (exact) mass is 365 g/mol. The van der Waals surface area contributed by atoms with Crippen molar-refractivity contribution in [3.8, 4) is 11.1 Å². The lowest BCUT2D eigenvalue weighted by atomic mass is 9.95. The minimum atomic E-state index is -1.03. The maximum Gasteiger partial charge on any atom is 0.231 e. The van der Waals surface area contributed by atoms with Crippen LogP contribution in [0, 0.1) is 12.8 Å². The normalized spacial score (nSPS) is 19.7. The molecule has 1 saturated carbocycles. The molecule has 2 N–H and O–H groups in total. The van der Waals surface area contributed by atoms with Crippen LogP contribution in [0.5, 0.6) is 0 Å². The molecule has 138 valence electrons. The van der Waals surface area contributed by atoms with Crippen LogP contribution in [-0.2, 0) is 4.79 Å². The molecule has 2 heterocycles. The number of nitrogens with one attached hydrogen (secondary N) is 1. The second-order valence-electron chi connectivity index (χ2n) is 7.04. The second kappa shape index (κ2) is 6.70. The highest BCUT2D eigenvalue weighted by molar-refractivity contribution is 5.96. The van der Waals surface area contributed by atoms with E-state index < -0.39 is 18.2 Å². The van der Waals surface area contributed by atoms with Gasteiger partial charge in [-0.1, -0.05) is 12.1 Å². The first kappa shape index (κ1) is 17.5. The molecule has 1 aliphatic carbocycles. The van der Waals surface area contributed by atoms with E-state index in [1.807, 2.05) is 31.2 Å². The largest absolute Gasteiger partial charge is 0.387 e. The highest BCUT2D eigenvalue weighted by Gasteiger charge is 2.43. The van der Waals surface area contributed by atoms with E-state index in [2.05, 4.69) is 15.3 Å². The fraction of sp³-hybridized carbons (Fsp3) is 0.286. The van der Waals surface area contributed by atoms with Gasteiger partial charge in [-0.2, -0.15) is 0 Å². The highest BCUT2D eigenvalue weighted by Crippen LogP contribution is 2.35. The Balaban J connectivity index is 1.68. The van der Waals surface area contributed by atoms with Crippen molar-refractivity contribution in [3.05, 3.63) is 54.0 Å². The van der Waals surface area contributed by atoms with E-state index in [1.165, 1.54) is 0 Å². The lowest BCUT2D eigenvalue weighted by Gasteiger charge is -2.14. The van der Waals surface area contributed by atoms with Crippen LogP contribution >= 0.6 is 0 Å². The third-order valence-electron chi connectivity index (χ3n) is 4.90. The number of carbonyl (C=O) groups excluding carboxylic acids is 1. The Morgan fingerprint density at radius 1 is 1.26 bits per heavy atom. The van der Waals surface area contributed by atoms with Gasteiger partial charge in [0.15, 0.2) is 0 Å². The number of carbonyl (C=O) groups is 1. The van der Waals surface area contributed by atoms with Gasteiger partial charge in [-0.25, -0.2) is 9.37 Å². The number of hydrogen-bond acceptors (Lipinski definition) is 4. The van der Waals surface area contributed by atoms with E-state index in [4.69, 9.17) is 0 Å². The predicted molar refractivity (Wildman–Crippen MR) is 102 cm³/mol. The Bertz CT molecular complexity index is 1040. The molecule has 1 unspecified atom stereocenters. The number of anilines is 1. The van der Waals surface area contributed by atoms with Crippen molar-refractivity contribution >= 4 is 22.5 Å². The van der Waals surface area contributed by atoms with Crippen molar-refractivity contribution in [2.24, 2.45) is 5.92 Å². The Morgan fingerprint density at radius 3 is 2.74 bits per heavy atom. The molecule has 1 fully saturated rings. The number of alkyl halides is 1. The standard InChI is InChI=1S/C21H20FN3O2/c1-11-5-6-23-20(12(2)26)19(11)14-4-3-13-8-18(24-10-15(13)7-14)25-21(27)16-9-17(16)22/h3-8,10,12,16-17,26H,9H2,1-2H3,(H,24,25,27)/t12-,16?,17+/m1/s1. The maximum atomic E-state index is 13.0. The third-order valence-corrected chi connectivity index (χ3v) is 4.90. The van der Waals surface area contributed by atoms with Crippen molar-refractivity contribution < 1.29 is 14.3 Å². The van der Waals surface area contributed by atoms with Gasteiger partial charge in [0.2, 0.25) is 5.91 Å². The molecule has 3 atom stereocenters. The highest BCUT2D eigenvalue weighted by atomic mass is 19.1. The SMILES string of the molecule is Cc1ccnc([C@@H](C)O)c1-c1ccc2cc(NC(=O)C3C[C@@H]3F)ncc2c1. The summed E-state index contributed by atoms with van der Waals surface area (Å²) in [6.45, 7) is 3.69. The average molecular weight is 365 g/mol. The molecule has 27 heavy (non-hydrogen) atoms. The summed E-state index contributed by atoms with van der Waals surface area (Å²) in [5, 5.41) is 14.5. The zero-order valence-electron chi connectivity index (χ0n) is 15.1. The number of amides is 1. The first-order valence-corrected chi connectivity index (χ1v) is 8.92. The van der Waals surface area contributed by atoms with E-state index in [0.717, 1.165) is 27.5 Å². The van der Waals surface area contributed by atoms with Gasteiger partial charge in [0.1, 0.15) is 12.0 Å². The van der Waals surface area contributed by atoms with Gasteiger partial charge < -0.3 is 10.4 Å². The zero-order chi connectivity index (χ0) is 19.1. The van der Waals surface area contributed by atoms with Crippen LogP contribution in [0.2, 0.25) is 0 Å². The molecule has 0 radical (unpaired) electrons. The van der Waals surface area contributed by atoms with Crippen molar-refractivity contribution in [2.75, 3.05) is 5.32 Å². The van der Waals surface area contributed by atoms with Gasteiger partial charge in [0.05, 0.1) is 17.7 Å². The topological polar surface area (TPSA) is 75.1 Å². The van der Waals surface area contributed by atoms with E-state index in [0.29, 0.717) is 17.9 Å². The van der Waals surface area contributed by atoms with Crippen LogP contribution in [0.15, 0.2) is 42.7 Å². The number of fused-ring (bicyclic) bond motifs is 1. The number of aryl methyl sites for hydroxylation is 1. The summed E-state index contributed by atoms with van der Waals surface area (Å²) in [6, 6.07) is 9.58. The quantitative estimate of drug-likeness (QED) is 0.734.